The molecular weight excluding hydrogens is 292 g/mol. The summed E-state index contributed by atoms with van der Waals surface area (Å²) in [5.74, 6) is 0. The van der Waals surface area contributed by atoms with Crippen molar-refractivity contribution in [2.24, 2.45) is 0 Å². The topological polar surface area (TPSA) is 49.4 Å². The molecule has 0 amide bonds. The van der Waals surface area contributed by atoms with Crippen LogP contribution in [-0.4, -0.2) is 37.9 Å². The molecule has 0 aromatic carbocycles. The Hall–Kier alpha value is -0.430. The SMILES string of the molecule is Cc1cc(S(=O)(=O)N(C)C2CC3CCC(C2)N3)c(C)s1. The molecule has 2 fully saturated rings. The minimum Gasteiger partial charge on any atom is -0.311 e. The number of piperidine rings is 1. The van der Waals surface area contributed by atoms with E-state index < -0.39 is 10.0 Å². The van der Waals surface area contributed by atoms with E-state index in [0.717, 1.165) is 22.6 Å². The Morgan fingerprint density at radius 1 is 1.25 bits per heavy atom. The fraction of sp³-hybridized carbons (Fsp3) is 0.714. The summed E-state index contributed by atoms with van der Waals surface area (Å²) in [4.78, 5) is 2.44. The zero-order valence-electron chi connectivity index (χ0n) is 12.2. The highest BCUT2D eigenvalue weighted by molar-refractivity contribution is 7.89. The van der Waals surface area contributed by atoms with Crippen LogP contribution in [0.15, 0.2) is 11.0 Å². The van der Waals surface area contributed by atoms with Crippen molar-refractivity contribution in [1.29, 1.82) is 0 Å². The molecule has 1 N–H and O–H groups in total. The van der Waals surface area contributed by atoms with Gasteiger partial charge >= 0.3 is 0 Å². The van der Waals surface area contributed by atoms with Gasteiger partial charge in [-0.2, -0.15) is 4.31 Å². The second-order valence-electron chi connectivity index (χ2n) is 6.06. The van der Waals surface area contributed by atoms with Crippen LogP contribution in [0.1, 0.15) is 35.4 Å². The quantitative estimate of drug-likeness (QED) is 0.931. The van der Waals surface area contributed by atoms with Crippen molar-refractivity contribution < 1.29 is 8.42 Å². The van der Waals surface area contributed by atoms with Gasteiger partial charge in [-0.3, -0.25) is 0 Å². The van der Waals surface area contributed by atoms with Crippen molar-refractivity contribution in [3.8, 4) is 0 Å². The molecule has 1 aromatic rings. The summed E-state index contributed by atoms with van der Waals surface area (Å²) in [5.41, 5.74) is 0. The Bertz CT molecular complexity index is 597. The summed E-state index contributed by atoms with van der Waals surface area (Å²) in [6.07, 6.45) is 4.25. The average Bonchev–Trinajstić information content (AvgIpc) is 2.90. The van der Waals surface area contributed by atoms with Crippen LogP contribution in [0.3, 0.4) is 0 Å². The molecule has 0 aliphatic carbocycles. The van der Waals surface area contributed by atoms with Crippen molar-refractivity contribution in [3.63, 3.8) is 0 Å². The summed E-state index contributed by atoms with van der Waals surface area (Å²) in [7, 11) is -1.60. The van der Waals surface area contributed by atoms with Gasteiger partial charge in [0.2, 0.25) is 10.0 Å². The van der Waals surface area contributed by atoms with Crippen molar-refractivity contribution >= 4 is 21.4 Å². The van der Waals surface area contributed by atoms with Gasteiger partial charge in [-0.15, -0.1) is 11.3 Å². The lowest BCUT2D eigenvalue weighted by Gasteiger charge is -2.34. The first-order valence-electron chi connectivity index (χ1n) is 7.19. The molecule has 3 heterocycles. The summed E-state index contributed by atoms with van der Waals surface area (Å²) >= 11 is 1.56. The Labute approximate surface area is 125 Å². The lowest BCUT2D eigenvalue weighted by atomic mass is 10.0. The van der Waals surface area contributed by atoms with Gasteiger partial charge in [0.05, 0.1) is 4.90 Å². The van der Waals surface area contributed by atoms with Gasteiger partial charge in [0.1, 0.15) is 0 Å². The van der Waals surface area contributed by atoms with E-state index in [1.54, 1.807) is 22.7 Å². The molecule has 6 heteroatoms. The second kappa shape index (κ2) is 5.09. The number of nitrogens with zero attached hydrogens (tertiary/aromatic N) is 1. The Balaban J connectivity index is 1.86. The summed E-state index contributed by atoms with van der Waals surface area (Å²) in [6, 6.07) is 2.95. The van der Waals surface area contributed by atoms with Gasteiger partial charge in [-0.05, 0) is 45.6 Å². The molecular formula is C14H22N2O2S2. The molecule has 20 heavy (non-hydrogen) atoms. The maximum Gasteiger partial charge on any atom is 0.244 e. The fourth-order valence-corrected chi connectivity index (χ4v) is 6.44. The first kappa shape index (κ1) is 14.5. The minimum absolute atomic E-state index is 0.137. The van der Waals surface area contributed by atoms with Crippen LogP contribution < -0.4 is 5.32 Å². The first-order chi connectivity index (χ1) is 9.38. The molecule has 2 atom stereocenters. The van der Waals surface area contributed by atoms with Crippen molar-refractivity contribution in [2.45, 2.75) is 62.6 Å². The van der Waals surface area contributed by atoms with E-state index in [0.29, 0.717) is 17.0 Å². The van der Waals surface area contributed by atoms with E-state index in [1.165, 1.54) is 12.8 Å². The summed E-state index contributed by atoms with van der Waals surface area (Å²) in [5, 5.41) is 3.56. The molecule has 112 valence electrons. The Morgan fingerprint density at radius 2 is 1.85 bits per heavy atom. The third-order valence-electron chi connectivity index (χ3n) is 4.61. The highest BCUT2D eigenvalue weighted by Crippen LogP contribution is 2.33. The van der Waals surface area contributed by atoms with Crippen molar-refractivity contribution in [3.05, 3.63) is 15.8 Å². The molecule has 2 aliphatic heterocycles. The maximum atomic E-state index is 12.8. The molecule has 0 saturated carbocycles. The molecule has 4 nitrogen and oxygen atoms in total. The molecule has 1 aromatic heterocycles. The lowest BCUT2D eigenvalue weighted by Crippen LogP contribution is -2.48. The number of thiophene rings is 1. The average molecular weight is 314 g/mol. The predicted octanol–water partition coefficient (Wildman–Crippen LogP) is 2.27. The zero-order chi connectivity index (χ0) is 14.5. The molecule has 3 rings (SSSR count). The van der Waals surface area contributed by atoms with Crippen LogP contribution in [0, 0.1) is 13.8 Å². The van der Waals surface area contributed by atoms with Crippen LogP contribution >= 0.6 is 11.3 Å². The molecule has 2 aliphatic rings. The number of fused-ring (bicyclic) bond motifs is 2. The summed E-state index contributed by atoms with van der Waals surface area (Å²) < 4.78 is 27.2. The highest BCUT2D eigenvalue weighted by atomic mass is 32.2. The highest BCUT2D eigenvalue weighted by Gasteiger charge is 2.39. The van der Waals surface area contributed by atoms with E-state index >= 15 is 0 Å². The predicted molar refractivity (Wildman–Crippen MR) is 81.7 cm³/mol. The molecule has 2 unspecified atom stereocenters. The summed E-state index contributed by atoms with van der Waals surface area (Å²) in [6.45, 7) is 3.85. The van der Waals surface area contributed by atoms with Gasteiger partial charge in [-0.25, -0.2) is 8.42 Å². The number of aryl methyl sites for hydroxylation is 2. The van der Waals surface area contributed by atoms with Gasteiger partial charge in [-0.1, -0.05) is 0 Å². The van der Waals surface area contributed by atoms with Crippen LogP contribution in [0.5, 0.6) is 0 Å². The van der Waals surface area contributed by atoms with Gasteiger partial charge in [0.15, 0.2) is 0 Å². The lowest BCUT2D eigenvalue weighted by molar-refractivity contribution is 0.251. The smallest absolute Gasteiger partial charge is 0.244 e. The number of hydrogen-bond acceptors (Lipinski definition) is 4. The van der Waals surface area contributed by atoms with Crippen LogP contribution in [0.25, 0.3) is 0 Å². The van der Waals surface area contributed by atoms with Crippen molar-refractivity contribution in [1.82, 2.24) is 9.62 Å². The van der Waals surface area contributed by atoms with E-state index in [2.05, 4.69) is 5.32 Å². The maximum absolute atomic E-state index is 12.8. The number of nitrogens with one attached hydrogen (secondary N) is 1. The monoisotopic (exact) mass is 314 g/mol. The Morgan fingerprint density at radius 3 is 2.35 bits per heavy atom. The van der Waals surface area contributed by atoms with Crippen molar-refractivity contribution in [2.75, 3.05) is 7.05 Å². The number of sulfonamides is 1. The standard InChI is InChI=1S/C14H22N2O2S2/c1-9-6-14(10(2)19-9)20(17,18)16(3)13-7-11-4-5-12(8-13)15-11/h6,11-13,15H,4-5,7-8H2,1-3H3. The van der Waals surface area contributed by atoms with Crippen LogP contribution in [0.4, 0.5) is 0 Å². The van der Waals surface area contributed by atoms with Gasteiger partial charge in [0.25, 0.3) is 0 Å². The minimum atomic E-state index is -3.35. The van der Waals surface area contributed by atoms with E-state index in [1.807, 2.05) is 19.9 Å². The normalized spacial score (nSPS) is 30.1. The number of rotatable bonds is 3. The third kappa shape index (κ3) is 2.43. The fourth-order valence-electron chi connectivity index (χ4n) is 3.54. The molecule has 0 radical (unpaired) electrons. The first-order valence-corrected chi connectivity index (χ1v) is 9.44. The van der Waals surface area contributed by atoms with Gasteiger partial charge in [0, 0.05) is 34.9 Å². The van der Waals surface area contributed by atoms with Gasteiger partial charge < -0.3 is 5.32 Å². The largest absolute Gasteiger partial charge is 0.311 e. The molecule has 2 bridgehead atoms. The molecule has 2 saturated heterocycles. The number of hydrogen-bond donors (Lipinski definition) is 1. The van der Waals surface area contributed by atoms with E-state index in [9.17, 15) is 8.42 Å². The third-order valence-corrected chi connectivity index (χ3v) is 7.75. The van der Waals surface area contributed by atoms with E-state index in [4.69, 9.17) is 0 Å². The second-order valence-corrected chi connectivity index (χ2v) is 9.49. The van der Waals surface area contributed by atoms with Crippen LogP contribution in [0.2, 0.25) is 0 Å². The Kier molecular flexibility index (Phi) is 3.69. The zero-order valence-corrected chi connectivity index (χ0v) is 13.9. The van der Waals surface area contributed by atoms with Crippen LogP contribution in [-0.2, 0) is 10.0 Å². The van der Waals surface area contributed by atoms with E-state index in [-0.39, 0.29) is 6.04 Å². The molecule has 0 spiro atoms.